The van der Waals surface area contributed by atoms with Gasteiger partial charge in [0.2, 0.25) is 0 Å². The molecule has 14 heavy (non-hydrogen) atoms. The molecule has 0 amide bonds. The Morgan fingerprint density at radius 2 is 2.36 bits per heavy atom. The van der Waals surface area contributed by atoms with Crippen LogP contribution in [0.15, 0.2) is 17.7 Å². The van der Waals surface area contributed by atoms with Crippen molar-refractivity contribution in [3.63, 3.8) is 0 Å². The second-order valence-corrected chi connectivity index (χ2v) is 4.99. The fourth-order valence-electron chi connectivity index (χ4n) is 2.50. The molecule has 1 nitrogen and oxygen atoms in total. The molecular formula is C13H20O. The Hall–Kier alpha value is -0.810. The van der Waals surface area contributed by atoms with Crippen molar-refractivity contribution in [2.24, 2.45) is 17.3 Å². The summed E-state index contributed by atoms with van der Waals surface area (Å²) in [5.74, 6) is 3.11. The van der Waals surface area contributed by atoms with Crippen LogP contribution < -0.4 is 0 Å². The molecule has 0 aliphatic heterocycles. The Morgan fingerprint density at radius 3 is 2.79 bits per heavy atom. The van der Waals surface area contributed by atoms with E-state index in [9.17, 15) is 4.79 Å². The summed E-state index contributed by atoms with van der Waals surface area (Å²) in [7, 11) is 0. The van der Waals surface area contributed by atoms with Crippen molar-refractivity contribution in [3.8, 4) is 0 Å². The smallest absolute Gasteiger partial charge is 0.120 e. The topological polar surface area (TPSA) is 17.1 Å². The molecule has 2 unspecified atom stereocenters. The van der Waals surface area contributed by atoms with E-state index in [0.717, 1.165) is 12.8 Å². The van der Waals surface area contributed by atoms with Gasteiger partial charge in [-0.15, -0.1) is 0 Å². The number of hydrogen-bond acceptors (Lipinski definition) is 1. The maximum Gasteiger partial charge on any atom is 0.120 e. The zero-order valence-corrected chi connectivity index (χ0v) is 9.63. The van der Waals surface area contributed by atoms with E-state index in [2.05, 4.69) is 33.8 Å². The van der Waals surface area contributed by atoms with E-state index in [1.807, 2.05) is 5.94 Å². The van der Waals surface area contributed by atoms with Crippen LogP contribution in [0.2, 0.25) is 0 Å². The normalized spacial score (nSPS) is 26.6. The highest BCUT2D eigenvalue weighted by atomic mass is 16.1. The summed E-state index contributed by atoms with van der Waals surface area (Å²) in [6.45, 7) is 9.05. The van der Waals surface area contributed by atoms with Gasteiger partial charge >= 0.3 is 0 Å². The Kier molecular flexibility index (Phi) is 3.34. The van der Waals surface area contributed by atoms with Gasteiger partial charge < -0.3 is 0 Å². The van der Waals surface area contributed by atoms with Gasteiger partial charge in [0.05, 0.1) is 0 Å². The van der Waals surface area contributed by atoms with Gasteiger partial charge in [-0.25, -0.2) is 4.79 Å². The fraction of sp³-hybridized carbons (Fsp3) is 0.692. The summed E-state index contributed by atoms with van der Waals surface area (Å²) in [4.78, 5) is 10.2. The highest BCUT2D eigenvalue weighted by Gasteiger charge is 2.37. The number of carbonyl (C=O) groups excluding carboxylic acids is 1. The van der Waals surface area contributed by atoms with E-state index in [0.29, 0.717) is 17.3 Å². The zero-order valence-electron chi connectivity index (χ0n) is 9.63. The van der Waals surface area contributed by atoms with Crippen molar-refractivity contribution in [2.45, 2.75) is 40.5 Å². The maximum absolute atomic E-state index is 10.2. The standard InChI is InChI=1S/C13H20O/c1-10(6-5-9-14)12-8-7-11(2)13(12,3)4/h5,7,10,12H,6,8H2,1-4H3. The molecule has 1 heteroatoms. The second kappa shape index (κ2) is 4.14. The van der Waals surface area contributed by atoms with Gasteiger partial charge in [-0.2, -0.15) is 0 Å². The molecule has 0 aromatic rings. The summed E-state index contributed by atoms with van der Waals surface area (Å²) in [6.07, 6.45) is 5.98. The lowest BCUT2D eigenvalue weighted by atomic mass is 9.71. The molecule has 0 N–H and O–H groups in total. The van der Waals surface area contributed by atoms with Crippen LogP contribution in [0.3, 0.4) is 0 Å². The Balaban J connectivity index is 2.68. The van der Waals surface area contributed by atoms with E-state index in [1.54, 1.807) is 6.08 Å². The first-order valence-electron chi connectivity index (χ1n) is 5.36. The van der Waals surface area contributed by atoms with Crippen LogP contribution in [0.4, 0.5) is 0 Å². The van der Waals surface area contributed by atoms with Crippen LogP contribution in [0.5, 0.6) is 0 Å². The van der Waals surface area contributed by atoms with Crippen molar-refractivity contribution in [1.29, 1.82) is 0 Å². The molecule has 0 fully saturated rings. The highest BCUT2D eigenvalue weighted by Crippen LogP contribution is 2.47. The average molecular weight is 192 g/mol. The molecule has 1 aliphatic carbocycles. The molecule has 0 bridgehead atoms. The van der Waals surface area contributed by atoms with Crippen molar-refractivity contribution < 1.29 is 4.79 Å². The van der Waals surface area contributed by atoms with Crippen LogP contribution in [-0.4, -0.2) is 5.94 Å². The quantitative estimate of drug-likeness (QED) is 0.495. The first-order chi connectivity index (χ1) is 6.50. The van der Waals surface area contributed by atoms with Gasteiger partial charge in [0, 0.05) is 6.08 Å². The Morgan fingerprint density at radius 1 is 1.71 bits per heavy atom. The van der Waals surface area contributed by atoms with E-state index < -0.39 is 0 Å². The van der Waals surface area contributed by atoms with Gasteiger partial charge in [0.15, 0.2) is 0 Å². The lowest BCUT2D eigenvalue weighted by Crippen LogP contribution is -2.26. The lowest BCUT2D eigenvalue weighted by molar-refractivity contribution is 0.210. The summed E-state index contributed by atoms with van der Waals surface area (Å²) >= 11 is 0. The second-order valence-electron chi connectivity index (χ2n) is 4.99. The van der Waals surface area contributed by atoms with Gasteiger partial charge in [-0.3, -0.25) is 0 Å². The molecule has 0 saturated heterocycles. The van der Waals surface area contributed by atoms with Crippen LogP contribution in [0.1, 0.15) is 40.5 Å². The minimum Gasteiger partial charge on any atom is -0.234 e. The molecule has 0 saturated carbocycles. The van der Waals surface area contributed by atoms with Gasteiger partial charge in [-0.1, -0.05) is 32.4 Å². The summed E-state index contributed by atoms with van der Waals surface area (Å²) in [6, 6.07) is 0. The number of hydrogen-bond donors (Lipinski definition) is 0. The third-order valence-electron chi connectivity index (χ3n) is 3.88. The number of rotatable bonds is 3. The highest BCUT2D eigenvalue weighted by molar-refractivity contribution is 5.44. The van der Waals surface area contributed by atoms with E-state index in [-0.39, 0.29) is 0 Å². The zero-order chi connectivity index (χ0) is 10.8. The molecule has 1 rings (SSSR count). The minimum absolute atomic E-state index is 0.302. The molecule has 0 spiro atoms. The first-order valence-corrected chi connectivity index (χ1v) is 5.36. The molecule has 1 aliphatic rings. The van der Waals surface area contributed by atoms with Gasteiger partial charge in [-0.05, 0) is 37.0 Å². The van der Waals surface area contributed by atoms with Crippen molar-refractivity contribution in [1.82, 2.24) is 0 Å². The molecule has 0 heterocycles. The monoisotopic (exact) mass is 192 g/mol. The third-order valence-corrected chi connectivity index (χ3v) is 3.88. The van der Waals surface area contributed by atoms with Crippen molar-refractivity contribution in [3.05, 3.63) is 17.7 Å². The first kappa shape index (κ1) is 11.3. The summed E-state index contributed by atoms with van der Waals surface area (Å²) in [5, 5.41) is 0. The average Bonchev–Trinajstić information content (AvgIpc) is 2.38. The van der Waals surface area contributed by atoms with Crippen molar-refractivity contribution in [2.75, 3.05) is 0 Å². The van der Waals surface area contributed by atoms with Crippen LogP contribution in [0, 0.1) is 17.3 Å². The van der Waals surface area contributed by atoms with E-state index >= 15 is 0 Å². The SMILES string of the molecule is CC1=CCC(C(C)CC=C=O)C1(C)C. The summed E-state index contributed by atoms with van der Waals surface area (Å²) < 4.78 is 0. The van der Waals surface area contributed by atoms with E-state index in [1.165, 1.54) is 5.57 Å². The van der Waals surface area contributed by atoms with Gasteiger partial charge in [0.1, 0.15) is 5.94 Å². The largest absolute Gasteiger partial charge is 0.234 e. The molecular weight excluding hydrogens is 172 g/mol. The number of allylic oxidation sites excluding steroid dienone is 3. The Labute approximate surface area is 86.9 Å². The van der Waals surface area contributed by atoms with Crippen LogP contribution in [0.25, 0.3) is 0 Å². The van der Waals surface area contributed by atoms with E-state index in [4.69, 9.17) is 0 Å². The van der Waals surface area contributed by atoms with Crippen LogP contribution in [-0.2, 0) is 4.79 Å². The molecule has 0 aromatic carbocycles. The molecule has 2 atom stereocenters. The Bertz CT molecular complexity index is 280. The lowest BCUT2D eigenvalue weighted by Gasteiger charge is -2.33. The predicted molar refractivity (Wildman–Crippen MR) is 59.7 cm³/mol. The fourth-order valence-corrected chi connectivity index (χ4v) is 2.50. The maximum atomic E-state index is 10.2. The summed E-state index contributed by atoms with van der Waals surface area (Å²) in [5.41, 5.74) is 1.79. The van der Waals surface area contributed by atoms with Crippen molar-refractivity contribution >= 4 is 5.94 Å². The van der Waals surface area contributed by atoms with Gasteiger partial charge in [0.25, 0.3) is 0 Å². The molecule has 78 valence electrons. The minimum atomic E-state index is 0.302. The molecule has 0 radical (unpaired) electrons. The molecule has 0 aromatic heterocycles. The third kappa shape index (κ3) is 1.99. The predicted octanol–water partition coefficient (Wildman–Crippen LogP) is 3.39. The van der Waals surface area contributed by atoms with Crippen LogP contribution >= 0.6 is 0 Å².